The predicted molar refractivity (Wildman–Crippen MR) is 71.2 cm³/mol. The molecule has 0 aliphatic heterocycles. The summed E-state index contributed by atoms with van der Waals surface area (Å²) in [5.41, 5.74) is 1.99. The van der Waals surface area contributed by atoms with E-state index in [2.05, 4.69) is 10.1 Å². The Morgan fingerprint density at radius 3 is 3.00 bits per heavy atom. The number of likely N-dealkylation sites (N-methyl/N-ethyl adjacent to an activating group) is 1. The van der Waals surface area contributed by atoms with Crippen LogP contribution in [0, 0.1) is 6.92 Å². The van der Waals surface area contributed by atoms with Crippen molar-refractivity contribution in [3.8, 4) is 0 Å². The van der Waals surface area contributed by atoms with Gasteiger partial charge in [0.1, 0.15) is 5.69 Å². The minimum atomic E-state index is -0.0944. The summed E-state index contributed by atoms with van der Waals surface area (Å²) in [7, 11) is 3.38. The van der Waals surface area contributed by atoms with Gasteiger partial charge in [0.15, 0.2) is 5.65 Å². The van der Waals surface area contributed by atoms with Crippen LogP contribution >= 0.6 is 0 Å². The normalized spacial score (nSPS) is 12.6. The lowest BCUT2D eigenvalue weighted by Gasteiger charge is -2.21. The Kier molecular flexibility index (Phi) is 3.80. The molecule has 0 radical (unpaired) electrons. The third kappa shape index (κ3) is 2.73. The molecular formula is C13H18N4O2. The van der Waals surface area contributed by atoms with Crippen LogP contribution in [0.1, 0.15) is 23.1 Å². The van der Waals surface area contributed by atoms with E-state index in [9.17, 15) is 4.79 Å². The Labute approximate surface area is 112 Å². The zero-order valence-electron chi connectivity index (χ0n) is 11.6. The van der Waals surface area contributed by atoms with E-state index in [0.29, 0.717) is 17.9 Å². The third-order valence-corrected chi connectivity index (χ3v) is 2.99. The van der Waals surface area contributed by atoms with Crippen molar-refractivity contribution in [1.29, 1.82) is 0 Å². The highest BCUT2D eigenvalue weighted by molar-refractivity contribution is 5.93. The zero-order valence-corrected chi connectivity index (χ0v) is 11.6. The molecule has 0 saturated heterocycles. The Morgan fingerprint density at radius 1 is 1.58 bits per heavy atom. The Morgan fingerprint density at radius 2 is 2.32 bits per heavy atom. The molecule has 0 aliphatic rings. The van der Waals surface area contributed by atoms with E-state index in [4.69, 9.17) is 4.74 Å². The van der Waals surface area contributed by atoms with Crippen molar-refractivity contribution in [2.45, 2.75) is 20.0 Å². The van der Waals surface area contributed by atoms with Crippen LogP contribution < -0.4 is 0 Å². The first-order chi connectivity index (χ1) is 9.02. The van der Waals surface area contributed by atoms with E-state index in [1.165, 1.54) is 0 Å². The van der Waals surface area contributed by atoms with Crippen LogP contribution in [0.25, 0.3) is 5.65 Å². The molecule has 19 heavy (non-hydrogen) atoms. The number of fused-ring (bicyclic) bond motifs is 1. The first-order valence-electron chi connectivity index (χ1n) is 6.12. The molecule has 0 aliphatic carbocycles. The number of amides is 1. The first-order valence-corrected chi connectivity index (χ1v) is 6.12. The van der Waals surface area contributed by atoms with E-state index >= 15 is 0 Å². The molecule has 0 aromatic carbocycles. The van der Waals surface area contributed by atoms with Gasteiger partial charge in [0, 0.05) is 32.5 Å². The minimum Gasteiger partial charge on any atom is -0.380 e. The molecule has 2 aromatic rings. The fraction of sp³-hybridized carbons (Fsp3) is 0.462. The Bertz CT molecular complexity index is 593. The lowest BCUT2D eigenvalue weighted by Crippen LogP contribution is -2.35. The standard InChI is InChI=1S/C13H18N4O2/c1-9-7-11(17-12(15-9)5-6-14-17)13(18)16(3)8-10(2)19-4/h5-7,10H,8H2,1-4H3/t10-/m0/s1. The van der Waals surface area contributed by atoms with Crippen molar-refractivity contribution >= 4 is 11.6 Å². The SMILES string of the molecule is CO[C@@H](C)CN(C)C(=O)c1cc(C)nc2ccnn12. The molecule has 6 nitrogen and oxygen atoms in total. The van der Waals surface area contributed by atoms with Crippen LogP contribution in [0.4, 0.5) is 0 Å². The topological polar surface area (TPSA) is 59.7 Å². The molecule has 6 heteroatoms. The van der Waals surface area contributed by atoms with Gasteiger partial charge in [-0.05, 0) is 19.9 Å². The van der Waals surface area contributed by atoms with E-state index in [1.807, 2.05) is 13.8 Å². The molecule has 0 fully saturated rings. The van der Waals surface area contributed by atoms with Crippen molar-refractivity contribution in [2.24, 2.45) is 0 Å². The van der Waals surface area contributed by atoms with Gasteiger partial charge in [-0.15, -0.1) is 0 Å². The molecule has 0 saturated carbocycles. The fourth-order valence-electron chi connectivity index (χ4n) is 1.93. The Balaban J connectivity index is 2.33. The second-order valence-electron chi connectivity index (χ2n) is 4.62. The molecule has 1 amide bonds. The van der Waals surface area contributed by atoms with Crippen LogP contribution in [0.5, 0.6) is 0 Å². The summed E-state index contributed by atoms with van der Waals surface area (Å²) in [6, 6.07) is 3.53. The largest absolute Gasteiger partial charge is 0.380 e. The molecule has 2 rings (SSSR count). The van der Waals surface area contributed by atoms with Gasteiger partial charge in [-0.3, -0.25) is 4.79 Å². The molecule has 0 N–H and O–H groups in total. The quantitative estimate of drug-likeness (QED) is 0.829. The molecular weight excluding hydrogens is 244 g/mol. The number of hydrogen-bond donors (Lipinski definition) is 0. The molecule has 1 atom stereocenters. The second kappa shape index (κ2) is 5.36. The van der Waals surface area contributed by atoms with Crippen molar-refractivity contribution < 1.29 is 9.53 Å². The fourth-order valence-corrected chi connectivity index (χ4v) is 1.93. The summed E-state index contributed by atoms with van der Waals surface area (Å²) < 4.78 is 6.73. The van der Waals surface area contributed by atoms with Crippen molar-refractivity contribution in [1.82, 2.24) is 19.5 Å². The highest BCUT2D eigenvalue weighted by Gasteiger charge is 2.18. The van der Waals surface area contributed by atoms with Crippen LogP contribution in [-0.4, -0.2) is 52.2 Å². The predicted octanol–water partition coefficient (Wildman–Crippen LogP) is 1.14. The highest BCUT2D eigenvalue weighted by atomic mass is 16.5. The molecule has 0 bridgehead atoms. The monoisotopic (exact) mass is 262 g/mol. The number of aryl methyl sites for hydroxylation is 1. The lowest BCUT2D eigenvalue weighted by molar-refractivity contribution is 0.0593. The minimum absolute atomic E-state index is 0.00926. The number of hydrogen-bond acceptors (Lipinski definition) is 4. The van der Waals surface area contributed by atoms with Gasteiger partial charge in [0.25, 0.3) is 5.91 Å². The third-order valence-electron chi connectivity index (χ3n) is 2.99. The number of aromatic nitrogens is 3. The summed E-state index contributed by atoms with van der Waals surface area (Å²) in [6.07, 6.45) is 1.63. The average Bonchev–Trinajstić information content (AvgIpc) is 2.84. The van der Waals surface area contributed by atoms with Gasteiger partial charge in [-0.1, -0.05) is 0 Å². The van der Waals surface area contributed by atoms with Gasteiger partial charge in [0.2, 0.25) is 0 Å². The van der Waals surface area contributed by atoms with Crippen molar-refractivity contribution in [3.05, 3.63) is 29.7 Å². The molecule has 2 heterocycles. The van der Waals surface area contributed by atoms with Gasteiger partial charge < -0.3 is 9.64 Å². The van der Waals surface area contributed by atoms with Gasteiger partial charge in [-0.25, -0.2) is 9.50 Å². The van der Waals surface area contributed by atoms with Gasteiger partial charge >= 0.3 is 0 Å². The molecule has 102 valence electrons. The number of carbonyl (C=O) groups excluding carboxylic acids is 1. The van der Waals surface area contributed by atoms with E-state index in [1.54, 1.807) is 41.9 Å². The van der Waals surface area contributed by atoms with Gasteiger partial charge in [0.05, 0.1) is 12.3 Å². The molecule has 0 unspecified atom stereocenters. The van der Waals surface area contributed by atoms with E-state index in [0.717, 1.165) is 5.69 Å². The van der Waals surface area contributed by atoms with Crippen LogP contribution in [-0.2, 0) is 4.74 Å². The van der Waals surface area contributed by atoms with Crippen molar-refractivity contribution in [2.75, 3.05) is 20.7 Å². The maximum Gasteiger partial charge on any atom is 0.272 e. The number of rotatable bonds is 4. The summed E-state index contributed by atoms with van der Waals surface area (Å²) in [5, 5.41) is 4.14. The summed E-state index contributed by atoms with van der Waals surface area (Å²) in [5.74, 6) is -0.0944. The average molecular weight is 262 g/mol. The lowest BCUT2D eigenvalue weighted by atomic mass is 10.3. The molecule has 0 spiro atoms. The van der Waals surface area contributed by atoms with Crippen LogP contribution in [0.2, 0.25) is 0 Å². The maximum absolute atomic E-state index is 12.4. The van der Waals surface area contributed by atoms with E-state index < -0.39 is 0 Å². The molecule has 2 aromatic heterocycles. The zero-order chi connectivity index (χ0) is 14.0. The van der Waals surface area contributed by atoms with Crippen LogP contribution in [0.15, 0.2) is 18.3 Å². The first kappa shape index (κ1) is 13.5. The summed E-state index contributed by atoms with van der Waals surface area (Å²) in [6.45, 7) is 4.31. The highest BCUT2D eigenvalue weighted by Crippen LogP contribution is 2.09. The number of carbonyl (C=O) groups is 1. The van der Waals surface area contributed by atoms with E-state index in [-0.39, 0.29) is 12.0 Å². The summed E-state index contributed by atoms with van der Waals surface area (Å²) >= 11 is 0. The number of ether oxygens (including phenoxy) is 1. The smallest absolute Gasteiger partial charge is 0.272 e. The maximum atomic E-state index is 12.4. The van der Waals surface area contributed by atoms with Gasteiger partial charge in [-0.2, -0.15) is 5.10 Å². The van der Waals surface area contributed by atoms with Crippen LogP contribution in [0.3, 0.4) is 0 Å². The van der Waals surface area contributed by atoms with Crippen molar-refractivity contribution in [3.63, 3.8) is 0 Å². The Hall–Kier alpha value is -1.95. The second-order valence-corrected chi connectivity index (χ2v) is 4.62. The number of nitrogens with zero attached hydrogens (tertiary/aromatic N) is 4. The summed E-state index contributed by atoms with van der Waals surface area (Å²) in [4.78, 5) is 18.4. The number of methoxy groups -OCH3 is 1.